The van der Waals surface area contributed by atoms with Gasteiger partial charge in [0.15, 0.2) is 0 Å². The van der Waals surface area contributed by atoms with Crippen LogP contribution in [0.5, 0.6) is 0 Å². The average Bonchev–Trinajstić information content (AvgIpc) is 2.25. The van der Waals surface area contributed by atoms with Crippen molar-refractivity contribution >= 4 is 11.4 Å². The number of benzene rings is 1. The summed E-state index contributed by atoms with van der Waals surface area (Å²) in [5.74, 6) is 0. The number of methoxy groups -OCH3 is 1. The van der Waals surface area contributed by atoms with E-state index in [9.17, 15) is 5.11 Å². The van der Waals surface area contributed by atoms with E-state index in [2.05, 4.69) is 5.32 Å². The predicted octanol–water partition coefficient (Wildman–Crippen LogP) is 1.39. The number of hydrogen-bond donors (Lipinski definition) is 3. The van der Waals surface area contributed by atoms with Gasteiger partial charge in [-0.2, -0.15) is 0 Å². The first kappa shape index (κ1) is 12.8. The summed E-state index contributed by atoms with van der Waals surface area (Å²) in [6.45, 7) is 3.02. The van der Waals surface area contributed by atoms with Gasteiger partial charge in [-0.25, -0.2) is 0 Å². The second-order valence-electron chi connectivity index (χ2n) is 3.86. The summed E-state index contributed by atoms with van der Waals surface area (Å²) in [6, 6.07) is 5.87. The van der Waals surface area contributed by atoms with Gasteiger partial charge in [0, 0.05) is 13.7 Å². The molecule has 0 aromatic heterocycles. The minimum Gasteiger partial charge on any atom is -0.397 e. The highest BCUT2D eigenvalue weighted by Crippen LogP contribution is 2.21. The highest BCUT2D eigenvalue weighted by molar-refractivity contribution is 5.69. The van der Waals surface area contributed by atoms with Crippen molar-refractivity contribution in [3.8, 4) is 0 Å². The summed E-state index contributed by atoms with van der Waals surface area (Å²) in [6.07, 6.45) is 0.213. The fourth-order valence-corrected chi connectivity index (χ4v) is 1.48. The lowest BCUT2D eigenvalue weighted by atomic mass is 10.1. The number of nitrogens with one attached hydrogen (secondary N) is 1. The Morgan fingerprint density at radius 1 is 1.50 bits per heavy atom. The van der Waals surface area contributed by atoms with Crippen LogP contribution in [0.15, 0.2) is 18.2 Å². The maximum atomic E-state index is 9.45. The summed E-state index contributed by atoms with van der Waals surface area (Å²) < 4.78 is 4.85. The second kappa shape index (κ2) is 6.35. The molecule has 4 nitrogen and oxygen atoms in total. The first-order valence-corrected chi connectivity index (χ1v) is 5.41. The molecule has 0 spiro atoms. The van der Waals surface area contributed by atoms with Crippen molar-refractivity contribution in [1.82, 2.24) is 0 Å². The molecule has 0 aliphatic heterocycles. The minimum absolute atomic E-state index is 0.366. The lowest BCUT2D eigenvalue weighted by Gasteiger charge is -2.13. The van der Waals surface area contributed by atoms with Crippen molar-refractivity contribution in [2.75, 3.05) is 31.3 Å². The van der Waals surface area contributed by atoms with Crippen LogP contribution in [-0.2, 0) is 4.74 Å². The van der Waals surface area contributed by atoms with Crippen LogP contribution in [0.1, 0.15) is 12.0 Å². The van der Waals surface area contributed by atoms with Gasteiger partial charge in [0.1, 0.15) is 0 Å². The molecule has 1 unspecified atom stereocenters. The summed E-state index contributed by atoms with van der Waals surface area (Å²) in [7, 11) is 1.58. The summed E-state index contributed by atoms with van der Waals surface area (Å²) in [5, 5.41) is 12.7. The maximum absolute atomic E-state index is 9.45. The van der Waals surface area contributed by atoms with Crippen molar-refractivity contribution in [3.63, 3.8) is 0 Å². The Labute approximate surface area is 96.4 Å². The molecule has 0 bridgehead atoms. The summed E-state index contributed by atoms with van der Waals surface area (Å²) in [4.78, 5) is 0. The van der Waals surface area contributed by atoms with Gasteiger partial charge in [0.2, 0.25) is 0 Å². The van der Waals surface area contributed by atoms with Crippen LogP contribution >= 0.6 is 0 Å². The molecule has 0 fully saturated rings. The number of rotatable bonds is 6. The molecular formula is C12H20N2O2. The molecule has 0 saturated heterocycles. The van der Waals surface area contributed by atoms with E-state index in [4.69, 9.17) is 10.5 Å². The fraction of sp³-hybridized carbons (Fsp3) is 0.500. The van der Waals surface area contributed by atoms with Crippen LogP contribution in [0, 0.1) is 6.92 Å². The van der Waals surface area contributed by atoms with E-state index in [0.717, 1.165) is 16.9 Å². The molecule has 0 aliphatic rings. The topological polar surface area (TPSA) is 67.5 Å². The van der Waals surface area contributed by atoms with E-state index < -0.39 is 6.10 Å². The van der Waals surface area contributed by atoms with E-state index in [1.165, 1.54) is 0 Å². The number of aryl methyl sites for hydroxylation is 1. The molecule has 0 heterocycles. The van der Waals surface area contributed by atoms with Crippen molar-refractivity contribution < 1.29 is 9.84 Å². The van der Waals surface area contributed by atoms with Gasteiger partial charge in [-0.3, -0.25) is 0 Å². The second-order valence-corrected chi connectivity index (χ2v) is 3.86. The van der Waals surface area contributed by atoms with E-state index in [0.29, 0.717) is 19.6 Å². The number of nitrogen functional groups attached to an aromatic ring is 1. The van der Waals surface area contributed by atoms with Crippen LogP contribution in [-0.4, -0.2) is 31.5 Å². The molecular weight excluding hydrogens is 204 g/mol. The van der Waals surface area contributed by atoms with Crippen LogP contribution in [0.25, 0.3) is 0 Å². The maximum Gasteiger partial charge on any atom is 0.0790 e. The van der Waals surface area contributed by atoms with Crippen LogP contribution in [0.3, 0.4) is 0 Å². The Kier molecular flexibility index (Phi) is 5.08. The monoisotopic (exact) mass is 224 g/mol. The Balaban J connectivity index is 2.40. The molecule has 1 atom stereocenters. The molecule has 4 heteroatoms. The molecule has 0 saturated carbocycles. The molecule has 4 N–H and O–H groups in total. The molecule has 16 heavy (non-hydrogen) atoms. The molecule has 0 aliphatic carbocycles. The zero-order chi connectivity index (χ0) is 12.0. The largest absolute Gasteiger partial charge is 0.397 e. The number of para-hydroxylation sites is 1. The van der Waals surface area contributed by atoms with Crippen LogP contribution in [0.2, 0.25) is 0 Å². The Bertz CT molecular complexity index is 329. The number of hydrogen-bond acceptors (Lipinski definition) is 4. The summed E-state index contributed by atoms with van der Waals surface area (Å²) >= 11 is 0. The Morgan fingerprint density at radius 3 is 2.94 bits per heavy atom. The molecule has 1 aromatic carbocycles. The average molecular weight is 224 g/mol. The van der Waals surface area contributed by atoms with Gasteiger partial charge in [-0.15, -0.1) is 0 Å². The Hall–Kier alpha value is -1.26. The number of anilines is 2. The zero-order valence-electron chi connectivity index (χ0n) is 9.86. The predicted molar refractivity (Wildman–Crippen MR) is 66.6 cm³/mol. The number of nitrogens with two attached hydrogens (primary N) is 1. The van der Waals surface area contributed by atoms with E-state index in [1.807, 2.05) is 25.1 Å². The van der Waals surface area contributed by atoms with Crippen molar-refractivity contribution in [1.29, 1.82) is 0 Å². The van der Waals surface area contributed by atoms with Crippen LogP contribution < -0.4 is 11.1 Å². The third-order valence-corrected chi connectivity index (χ3v) is 2.48. The SMILES string of the molecule is COCC(O)CCNc1cccc(C)c1N. The van der Waals surface area contributed by atoms with Gasteiger partial charge >= 0.3 is 0 Å². The standard InChI is InChI=1S/C12H20N2O2/c1-9-4-3-5-11(12(9)13)14-7-6-10(15)8-16-2/h3-5,10,14-15H,6-8,13H2,1-2H3. The third kappa shape index (κ3) is 3.72. The molecule has 1 aromatic rings. The normalized spacial score (nSPS) is 12.4. The van der Waals surface area contributed by atoms with Gasteiger partial charge in [0.05, 0.1) is 24.1 Å². The van der Waals surface area contributed by atoms with Crippen molar-refractivity contribution in [2.24, 2.45) is 0 Å². The van der Waals surface area contributed by atoms with E-state index >= 15 is 0 Å². The van der Waals surface area contributed by atoms with Gasteiger partial charge < -0.3 is 20.9 Å². The smallest absolute Gasteiger partial charge is 0.0790 e. The number of aliphatic hydroxyl groups excluding tert-OH is 1. The Morgan fingerprint density at radius 2 is 2.25 bits per heavy atom. The van der Waals surface area contributed by atoms with Gasteiger partial charge in [-0.1, -0.05) is 12.1 Å². The third-order valence-electron chi connectivity index (χ3n) is 2.48. The quantitative estimate of drug-likeness (QED) is 0.639. The van der Waals surface area contributed by atoms with E-state index in [1.54, 1.807) is 7.11 Å². The highest BCUT2D eigenvalue weighted by Gasteiger charge is 2.04. The van der Waals surface area contributed by atoms with Crippen LogP contribution in [0.4, 0.5) is 11.4 Å². The minimum atomic E-state index is -0.427. The fourth-order valence-electron chi connectivity index (χ4n) is 1.48. The zero-order valence-corrected chi connectivity index (χ0v) is 9.86. The first-order chi connectivity index (χ1) is 7.65. The first-order valence-electron chi connectivity index (χ1n) is 5.41. The van der Waals surface area contributed by atoms with Gasteiger partial charge in [0.25, 0.3) is 0 Å². The molecule has 90 valence electrons. The van der Waals surface area contributed by atoms with Gasteiger partial charge in [-0.05, 0) is 25.0 Å². The highest BCUT2D eigenvalue weighted by atomic mass is 16.5. The molecule has 1 rings (SSSR count). The lowest BCUT2D eigenvalue weighted by Crippen LogP contribution is -2.18. The molecule has 0 amide bonds. The molecule has 0 radical (unpaired) electrons. The number of ether oxygens (including phenoxy) is 1. The van der Waals surface area contributed by atoms with E-state index in [-0.39, 0.29) is 0 Å². The van der Waals surface area contributed by atoms with Crippen molar-refractivity contribution in [2.45, 2.75) is 19.4 Å². The lowest BCUT2D eigenvalue weighted by molar-refractivity contribution is 0.0615. The van der Waals surface area contributed by atoms with Crippen molar-refractivity contribution in [3.05, 3.63) is 23.8 Å². The number of aliphatic hydroxyl groups is 1. The summed E-state index contributed by atoms with van der Waals surface area (Å²) in [5.41, 5.74) is 8.65.